The Kier molecular flexibility index (Phi) is 5.87. The van der Waals surface area contributed by atoms with Crippen LogP contribution >= 0.6 is 0 Å². The van der Waals surface area contributed by atoms with Crippen molar-refractivity contribution in [3.8, 4) is 0 Å². The molecule has 0 radical (unpaired) electrons. The molecule has 0 fully saturated rings. The quantitative estimate of drug-likeness (QED) is 0.791. The number of aryl methyl sites for hydroxylation is 3. The van der Waals surface area contributed by atoms with Gasteiger partial charge in [0.05, 0.1) is 0 Å². The predicted molar refractivity (Wildman–Crippen MR) is 81.0 cm³/mol. The molecule has 0 aliphatic heterocycles. The summed E-state index contributed by atoms with van der Waals surface area (Å²) in [4.78, 5) is 0. The summed E-state index contributed by atoms with van der Waals surface area (Å²) in [5.41, 5.74) is 12.2. The molecule has 0 saturated heterocycles. The second-order valence-electron chi connectivity index (χ2n) is 5.62. The van der Waals surface area contributed by atoms with E-state index in [1.54, 1.807) is 0 Å². The lowest BCUT2D eigenvalue weighted by Crippen LogP contribution is -2.17. The Bertz CT molecular complexity index is 354. The summed E-state index contributed by atoms with van der Waals surface area (Å²) in [6.07, 6.45) is 4.36. The number of hydrogen-bond acceptors (Lipinski definition) is 1. The van der Waals surface area contributed by atoms with Gasteiger partial charge in [-0.05, 0) is 53.9 Å². The van der Waals surface area contributed by atoms with E-state index in [1.807, 2.05) is 0 Å². The lowest BCUT2D eigenvalue weighted by atomic mass is 9.86. The number of hydrogen-bond donors (Lipinski definition) is 1. The van der Waals surface area contributed by atoms with Crippen LogP contribution in [0.1, 0.15) is 69.3 Å². The molecule has 0 aliphatic rings. The molecule has 1 heteroatoms. The van der Waals surface area contributed by atoms with Gasteiger partial charge in [0.15, 0.2) is 0 Å². The summed E-state index contributed by atoms with van der Waals surface area (Å²) in [6.45, 7) is 11.2. The molecule has 18 heavy (non-hydrogen) atoms. The first-order valence-electron chi connectivity index (χ1n) is 7.43. The second-order valence-corrected chi connectivity index (χ2v) is 5.62. The van der Waals surface area contributed by atoms with Crippen molar-refractivity contribution in [1.82, 2.24) is 0 Å². The third-order valence-corrected chi connectivity index (χ3v) is 3.68. The first-order chi connectivity index (χ1) is 8.53. The van der Waals surface area contributed by atoms with E-state index in [0.29, 0.717) is 5.92 Å². The van der Waals surface area contributed by atoms with Crippen molar-refractivity contribution in [2.75, 3.05) is 0 Å². The van der Waals surface area contributed by atoms with Crippen molar-refractivity contribution >= 4 is 0 Å². The zero-order valence-corrected chi connectivity index (χ0v) is 12.7. The van der Waals surface area contributed by atoms with Crippen molar-refractivity contribution < 1.29 is 0 Å². The van der Waals surface area contributed by atoms with Crippen molar-refractivity contribution in [3.05, 3.63) is 34.4 Å². The van der Waals surface area contributed by atoms with Gasteiger partial charge in [-0.1, -0.05) is 46.8 Å². The Morgan fingerprint density at radius 1 is 0.944 bits per heavy atom. The fraction of sp³-hybridized carbons (Fsp3) is 0.647. The zero-order valence-electron chi connectivity index (χ0n) is 12.7. The van der Waals surface area contributed by atoms with E-state index < -0.39 is 0 Å². The van der Waals surface area contributed by atoms with Crippen LogP contribution in [-0.2, 0) is 19.3 Å². The molecule has 0 bridgehead atoms. The molecule has 1 atom stereocenters. The lowest BCUT2D eigenvalue weighted by Gasteiger charge is -2.22. The van der Waals surface area contributed by atoms with E-state index in [2.05, 4.69) is 46.8 Å². The highest BCUT2D eigenvalue weighted by Gasteiger charge is 2.16. The van der Waals surface area contributed by atoms with Gasteiger partial charge in [-0.25, -0.2) is 0 Å². The monoisotopic (exact) mass is 247 g/mol. The SMILES string of the molecule is CCc1cc(CC)c(C(N)CC(C)C)c(CC)c1. The Hall–Kier alpha value is -0.820. The molecule has 0 aromatic heterocycles. The standard InChI is InChI=1S/C17H29N/c1-6-13-10-14(7-2)17(15(8-3)11-13)16(18)9-12(4)5/h10-12,16H,6-9,18H2,1-5H3. The van der Waals surface area contributed by atoms with Crippen LogP contribution in [-0.4, -0.2) is 0 Å². The third-order valence-electron chi connectivity index (χ3n) is 3.68. The van der Waals surface area contributed by atoms with Crippen LogP contribution in [0.15, 0.2) is 12.1 Å². The van der Waals surface area contributed by atoms with Gasteiger partial charge >= 0.3 is 0 Å². The minimum absolute atomic E-state index is 0.195. The largest absolute Gasteiger partial charge is 0.324 e. The van der Waals surface area contributed by atoms with Crippen molar-refractivity contribution in [2.45, 2.75) is 66.3 Å². The van der Waals surface area contributed by atoms with E-state index in [9.17, 15) is 0 Å². The summed E-state index contributed by atoms with van der Waals surface area (Å²) >= 11 is 0. The predicted octanol–water partition coefficient (Wildman–Crippen LogP) is 4.42. The average Bonchev–Trinajstić information content (AvgIpc) is 2.35. The molecule has 0 aliphatic carbocycles. The van der Waals surface area contributed by atoms with Crippen molar-refractivity contribution in [3.63, 3.8) is 0 Å². The highest BCUT2D eigenvalue weighted by atomic mass is 14.6. The molecule has 1 aromatic rings. The first-order valence-corrected chi connectivity index (χ1v) is 7.43. The summed E-state index contributed by atoms with van der Waals surface area (Å²) in [5.74, 6) is 0.653. The van der Waals surface area contributed by atoms with Gasteiger partial charge < -0.3 is 5.73 Å². The molecule has 102 valence electrons. The second kappa shape index (κ2) is 6.94. The molecule has 1 nitrogen and oxygen atoms in total. The van der Waals surface area contributed by atoms with E-state index in [-0.39, 0.29) is 6.04 Å². The van der Waals surface area contributed by atoms with Crippen LogP contribution in [0, 0.1) is 5.92 Å². The van der Waals surface area contributed by atoms with Crippen LogP contribution in [0.4, 0.5) is 0 Å². The molecule has 1 rings (SSSR count). The van der Waals surface area contributed by atoms with Crippen molar-refractivity contribution in [1.29, 1.82) is 0 Å². The molecule has 0 spiro atoms. The molecule has 2 N–H and O–H groups in total. The van der Waals surface area contributed by atoms with Crippen LogP contribution in [0.25, 0.3) is 0 Å². The molecule has 0 saturated carbocycles. The zero-order chi connectivity index (χ0) is 13.7. The summed E-state index contributed by atoms with van der Waals surface area (Å²) in [7, 11) is 0. The molecule has 0 amide bonds. The lowest BCUT2D eigenvalue weighted by molar-refractivity contribution is 0.505. The average molecular weight is 247 g/mol. The van der Waals surface area contributed by atoms with Crippen LogP contribution < -0.4 is 5.73 Å². The molecular weight excluding hydrogens is 218 g/mol. The minimum Gasteiger partial charge on any atom is -0.324 e. The van der Waals surface area contributed by atoms with E-state index in [4.69, 9.17) is 5.73 Å². The maximum absolute atomic E-state index is 6.44. The minimum atomic E-state index is 0.195. The Labute approximate surface area is 113 Å². The van der Waals surface area contributed by atoms with Gasteiger partial charge in [-0.3, -0.25) is 0 Å². The fourth-order valence-electron chi connectivity index (χ4n) is 2.74. The van der Waals surface area contributed by atoms with Gasteiger partial charge in [0, 0.05) is 6.04 Å². The summed E-state index contributed by atoms with van der Waals surface area (Å²) in [6, 6.07) is 4.91. The summed E-state index contributed by atoms with van der Waals surface area (Å²) < 4.78 is 0. The van der Waals surface area contributed by atoms with Crippen molar-refractivity contribution in [2.24, 2.45) is 11.7 Å². The van der Waals surface area contributed by atoms with Crippen LogP contribution in [0.5, 0.6) is 0 Å². The normalized spacial score (nSPS) is 13.1. The summed E-state index contributed by atoms with van der Waals surface area (Å²) in [5, 5.41) is 0. The number of rotatable bonds is 6. The van der Waals surface area contributed by atoms with E-state index in [0.717, 1.165) is 25.7 Å². The van der Waals surface area contributed by atoms with Gasteiger partial charge in [-0.2, -0.15) is 0 Å². The Balaban J connectivity index is 3.21. The van der Waals surface area contributed by atoms with Gasteiger partial charge in [0.2, 0.25) is 0 Å². The maximum atomic E-state index is 6.44. The molecular formula is C17H29N. The molecule has 0 heterocycles. The van der Waals surface area contributed by atoms with Gasteiger partial charge in [0.25, 0.3) is 0 Å². The highest BCUT2D eigenvalue weighted by Crippen LogP contribution is 2.28. The fourth-order valence-corrected chi connectivity index (χ4v) is 2.74. The highest BCUT2D eigenvalue weighted by molar-refractivity contribution is 5.41. The van der Waals surface area contributed by atoms with Crippen LogP contribution in [0.2, 0.25) is 0 Å². The Morgan fingerprint density at radius 3 is 1.78 bits per heavy atom. The first kappa shape index (κ1) is 15.2. The number of nitrogens with two attached hydrogens (primary N) is 1. The van der Waals surface area contributed by atoms with Crippen LogP contribution in [0.3, 0.4) is 0 Å². The molecule has 1 aromatic carbocycles. The topological polar surface area (TPSA) is 26.0 Å². The van der Waals surface area contributed by atoms with Gasteiger partial charge in [0.1, 0.15) is 0 Å². The third kappa shape index (κ3) is 3.58. The van der Waals surface area contributed by atoms with Gasteiger partial charge in [-0.15, -0.1) is 0 Å². The maximum Gasteiger partial charge on any atom is 0.0302 e. The number of benzene rings is 1. The Morgan fingerprint density at radius 2 is 1.44 bits per heavy atom. The van der Waals surface area contributed by atoms with E-state index >= 15 is 0 Å². The molecule has 1 unspecified atom stereocenters. The van der Waals surface area contributed by atoms with E-state index in [1.165, 1.54) is 22.3 Å². The smallest absolute Gasteiger partial charge is 0.0302 e.